The van der Waals surface area contributed by atoms with E-state index in [1.165, 1.54) is 40.9 Å². The van der Waals surface area contributed by atoms with E-state index in [-0.39, 0.29) is 17.6 Å². The molecule has 2 unspecified atom stereocenters. The summed E-state index contributed by atoms with van der Waals surface area (Å²) in [5.41, 5.74) is 2.44. The number of ether oxygens (including phenoxy) is 1. The SMILES string of the molecule is O=C(Nc1ccc(N2CCOCC2)c(F)c1)C1C2CN(Cc3nc4c(s3)CCCC4)CC21. The molecule has 1 aromatic heterocycles. The van der Waals surface area contributed by atoms with E-state index < -0.39 is 0 Å². The van der Waals surface area contributed by atoms with Crippen molar-refractivity contribution in [3.05, 3.63) is 39.6 Å². The minimum Gasteiger partial charge on any atom is -0.378 e. The molecule has 32 heavy (non-hydrogen) atoms. The number of amides is 1. The standard InChI is InChI=1S/C24H29FN4O2S/c25-18-11-15(5-6-20(18)29-7-9-31-10-8-29)26-24(30)23-16-12-28(13-17(16)23)14-22-27-19-3-1-2-4-21(19)32-22/h5-6,11,16-17,23H,1-4,7-10,12-14H2,(H,26,30). The molecule has 2 saturated heterocycles. The molecule has 6 rings (SSSR count). The second-order valence-electron chi connectivity index (χ2n) is 9.49. The van der Waals surface area contributed by atoms with Crippen molar-refractivity contribution in [2.75, 3.05) is 49.6 Å². The normalized spacial score (nSPS) is 27.2. The molecule has 0 radical (unpaired) electrons. The molecule has 170 valence electrons. The first-order valence-electron chi connectivity index (χ1n) is 11.8. The van der Waals surface area contributed by atoms with Crippen LogP contribution in [0.5, 0.6) is 0 Å². The minimum absolute atomic E-state index is 0.0304. The number of carbonyl (C=O) groups is 1. The highest BCUT2D eigenvalue weighted by Crippen LogP contribution is 2.52. The lowest BCUT2D eigenvalue weighted by molar-refractivity contribution is -0.118. The van der Waals surface area contributed by atoms with E-state index in [0.717, 1.165) is 26.1 Å². The number of morpholine rings is 1. The number of likely N-dealkylation sites (tertiary alicyclic amines) is 1. The summed E-state index contributed by atoms with van der Waals surface area (Å²) in [6.07, 6.45) is 4.88. The smallest absolute Gasteiger partial charge is 0.228 e. The molecular weight excluding hydrogens is 427 g/mol. The van der Waals surface area contributed by atoms with Crippen molar-refractivity contribution in [3.8, 4) is 0 Å². The van der Waals surface area contributed by atoms with Crippen molar-refractivity contribution in [3.63, 3.8) is 0 Å². The summed E-state index contributed by atoms with van der Waals surface area (Å²) in [5.74, 6) is 0.628. The zero-order chi connectivity index (χ0) is 21.7. The maximum atomic E-state index is 14.6. The number of carbonyl (C=O) groups excluding carboxylic acids is 1. The molecule has 2 atom stereocenters. The summed E-state index contributed by atoms with van der Waals surface area (Å²) in [6.45, 7) is 5.43. The number of hydrogen-bond donors (Lipinski definition) is 1. The summed E-state index contributed by atoms with van der Waals surface area (Å²) in [4.78, 5) is 23.6. The van der Waals surface area contributed by atoms with E-state index in [1.54, 1.807) is 12.1 Å². The number of aromatic nitrogens is 1. The Morgan fingerprint density at radius 2 is 1.97 bits per heavy atom. The van der Waals surface area contributed by atoms with Crippen LogP contribution in [0.25, 0.3) is 0 Å². The maximum Gasteiger partial charge on any atom is 0.228 e. The first-order chi connectivity index (χ1) is 15.7. The van der Waals surface area contributed by atoms with E-state index in [1.807, 2.05) is 16.2 Å². The largest absolute Gasteiger partial charge is 0.378 e. The van der Waals surface area contributed by atoms with Crippen molar-refractivity contribution in [2.24, 2.45) is 17.8 Å². The third-order valence-corrected chi connectivity index (χ3v) is 8.53. The van der Waals surface area contributed by atoms with Crippen LogP contribution >= 0.6 is 11.3 Å². The Labute approximate surface area is 191 Å². The van der Waals surface area contributed by atoms with Gasteiger partial charge in [-0.15, -0.1) is 11.3 Å². The summed E-state index contributed by atoms with van der Waals surface area (Å²) >= 11 is 1.88. The highest BCUT2D eigenvalue weighted by molar-refractivity contribution is 7.11. The highest BCUT2D eigenvalue weighted by Gasteiger charge is 2.59. The number of halogens is 1. The van der Waals surface area contributed by atoms with Crippen LogP contribution in [0.2, 0.25) is 0 Å². The summed E-state index contributed by atoms with van der Waals surface area (Å²) < 4.78 is 20.0. The summed E-state index contributed by atoms with van der Waals surface area (Å²) in [6, 6.07) is 5.01. The maximum absolute atomic E-state index is 14.6. The minimum atomic E-state index is -0.294. The fraction of sp³-hybridized carbons (Fsp3) is 0.583. The molecule has 1 aromatic carbocycles. The zero-order valence-electron chi connectivity index (χ0n) is 18.2. The number of benzene rings is 1. The van der Waals surface area contributed by atoms with Crippen molar-refractivity contribution >= 4 is 28.6 Å². The molecule has 0 bridgehead atoms. The second-order valence-corrected chi connectivity index (χ2v) is 10.7. The molecule has 1 amide bonds. The lowest BCUT2D eigenvalue weighted by atomic mass is 10.0. The van der Waals surface area contributed by atoms with Gasteiger partial charge in [-0.25, -0.2) is 9.37 Å². The number of hydrogen-bond acceptors (Lipinski definition) is 6. The quantitative estimate of drug-likeness (QED) is 0.748. The van der Waals surface area contributed by atoms with Gasteiger partial charge in [-0.05, 0) is 55.7 Å². The van der Waals surface area contributed by atoms with Crippen LogP contribution in [0, 0.1) is 23.6 Å². The highest BCUT2D eigenvalue weighted by atomic mass is 32.1. The van der Waals surface area contributed by atoms with Crippen molar-refractivity contribution < 1.29 is 13.9 Å². The first kappa shape index (κ1) is 20.6. The Balaban J connectivity index is 1.02. The average molecular weight is 457 g/mol. The lowest BCUT2D eigenvalue weighted by Crippen LogP contribution is -2.36. The fourth-order valence-electron chi connectivity index (χ4n) is 5.67. The Morgan fingerprint density at radius 1 is 1.19 bits per heavy atom. The van der Waals surface area contributed by atoms with Crippen LogP contribution < -0.4 is 10.2 Å². The lowest BCUT2D eigenvalue weighted by Gasteiger charge is -2.29. The molecule has 1 saturated carbocycles. The van der Waals surface area contributed by atoms with Gasteiger partial charge in [0.2, 0.25) is 5.91 Å². The molecule has 3 fully saturated rings. The van der Waals surface area contributed by atoms with Gasteiger partial charge in [-0.1, -0.05) is 0 Å². The van der Waals surface area contributed by atoms with E-state index in [0.29, 0.717) is 49.5 Å². The molecule has 2 aliphatic carbocycles. The molecule has 6 nitrogen and oxygen atoms in total. The van der Waals surface area contributed by atoms with Crippen LogP contribution in [0.15, 0.2) is 18.2 Å². The third kappa shape index (κ3) is 3.93. The van der Waals surface area contributed by atoms with Crippen LogP contribution in [0.4, 0.5) is 15.8 Å². The summed E-state index contributed by atoms with van der Waals surface area (Å²) in [7, 11) is 0. The Bertz CT molecular complexity index is 986. The predicted molar refractivity (Wildman–Crippen MR) is 123 cm³/mol. The van der Waals surface area contributed by atoms with Gasteiger partial charge in [0.25, 0.3) is 0 Å². The topological polar surface area (TPSA) is 57.7 Å². The van der Waals surface area contributed by atoms with Crippen molar-refractivity contribution in [1.29, 1.82) is 0 Å². The molecule has 8 heteroatoms. The average Bonchev–Trinajstić information content (AvgIpc) is 3.11. The number of fused-ring (bicyclic) bond motifs is 2. The Kier molecular flexibility index (Phi) is 5.39. The van der Waals surface area contributed by atoms with Gasteiger partial charge >= 0.3 is 0 Å². The van der Waals surface area contributed by atoms with Gasteiger partial charge in [-0.2, -0.15) is 0 Å². The van der Waals surface area contributed by atoms with Gasteiger partial charge in [0, 0.05) is 42.7 Å². The number of thiazole rings is 1. The molecule has 0 spiro atoms. The van der Waals surface area contributed by atoms with Gasteiger partial charge in [0.1, 0.15) is 10.8 Å². The van der Waals surface area contributed by atoms with Crippen LogP contribution in [-0.2, 0) is 28.9 Å². The van der Waals surface area contributed by atoms with Crippen LogP contribution in [0.3, 0.4) is 0 Å². The molecule has 1 N–H and O–H groups in total. The van der Waals surface area contributed by atoms with E-state index in [4.69, 9.17) is 9.72 Å². The zero-order valence-corrected chi connectivity index (χ0v) is 19.0. The number of anilines is 2. The van der Waals surface area contributed by atoms with Crippen LogP contribution in [-0.4, -0.2) is 55.2 Å². The van der Waals surface area contributed by atoms with Gasteiger partial charge in [0.05, 0.1) is 31.1 Å². The Morgan fingerprint density at radius 3 is 2.72 bits per heavy atom. The third-order valence-electron chi connectivity index (χ3n) is 7.39. The number of aryl methyl sites for hydroxylation is 2. The number of piperidine rings is 1. The number of nitrogens with zero attached hydrogens (tertiary/aromatic N) is 3. The van der Waals surface area contributed by atoms with Gasteiger partial charge in [-0.3, -0.25) is 9.69 Å². The second kappa shape index (κ2) is 8.39. The van der Waals surface area contributed by atoms with Crippen molar-refractivity contribution in [2.45, 2.75) is 32.2 Å². The molecule has 2 aliphatic heterocycles. The van der Waals surface area contributed by atoms with E-state index >= 15 is 0 Å². The summed E-state index contributed by atoms with van der Waals surface area (Å²) in [5, 5.41) is 4.18. The monoisotopic (exact) mass is 456 g/mol. The van der Waals surface area contributed by atoms with Crippen LogP contribution in [0.1, 0.15) is 28.4 Å². The van der Waals surface area contributed by atoms with E-state index in [2.05, 4.69) is 10.2 Å². The molecule has 3 heterocycles. The first-order valence-corrected chi connectivity index (χ1v) is 12.6. The fourth-order valence-corrected chi connectivity index (χ4v) is 6.87. The molecule has 2 aromatic rings. The van der Waals surface area contributed by atoms with Gasteiger partial charge < -0.3 is 15.0 Å². The number of rotatable bonds is 5. The molecular formula is C24H29FN4O2S. The predicted octanol–water partition coefficient (Wildman–Crippen LogP) is 3.31. The van der Waals surface area contributed by atoms with E-state index in [9.17, 15) is 9.18 Å². The van der Waals surface area contributed by atoms with Gasteiger partial charge in [0.15, 0.2) is 0 Å². The Hall–Kier alpha value is -2.03. The van der Waals surface area contributed by atoms with Crippen molar-refractivity contribution in [1.82, 2.24) is 9.88 Å². The number of nitrogens with one attached hydrogen (secondary N) is 1. The molecule has 4 aliphatic rings.